The van der Waals surface area contributed by atoms with Gasteiger partial charge in [-0.1, -0.05) is 30.3 Å². The molecule has 0 bridgehead atoms. The second-order valence-electron chi connectivity index (χ2n) is 4.92. The van der Waals surface area contributed by atoms with Gasteiger partial charge in [0.15, 0.2) is 0 Å². The van der Waals surface area contributed by atoms with Gasteiger partial charge in [-0.05, 0) is 12.0 Å². The molecule has 1 N–H and O–H groups in total. The zero-order valence-corrected chi connectivity index (χ0v) is 10.9. The van der Waals surface area contributed by atoms with Gasteiger partial charge >= 0.3 is 5.97 Å². The molecular formula is C15H15N3O2. The lowest BCUT2D eigenvalue weighted by atomic mass is 9.99. The van der Waals surface area contributed by atoms with E-state index in [0.717, 1.165) is 19.5 Å². The summed E-state index contributed by atoms with van der Waals surface area (Å²) >= 11 is 0. The first-order valence-electron chi connectivity index (χ1n) is 6.59. The molecule has 1 saturated heterocycles. The highest BCUT2D eigenvalue weighted by Crippen LogP contribution is 2.28. The predicted octanol–water partition coefficient (Wildman–Crippen LogP) is 2.17. The molecule has 0 aliphatic carbocycles. The Morgan fingerprint density at radius 3 is 2.55 bits per heavy atom. The molecule has 2 heterocycles. The Hall–Kier alpha value is -2.43. The molecule has 1 unspecified atom stereocenters. The van der Waals surface area contributed by atoms with Gasteiger partial charge in [0.25, 0.3) is 0 Å². The van der Waals surface area contributed by atoms with Crippen molar-refractivity contribution >= 4 is 11.9 Å². The van der Waals surface area contributed by atoms with Gasteiger partial charge in [-0.3, -0.25) is 0 Å². The van der Waals surface area contributed by atoms with Crippen LogP contribution >= 0.6 is 0 Å². The molecule has 0 spiro atoms. The van der Waals surface area contributed by atoms with Crippen LogP contribution in [0.15, 0.2) is 42.7 Å². The van der Waals surface area contributed by atoms with E-state index in [1.165, 1.54) is 18.0 Å². The average molecular weight is 269 g/mol. The van der Waals surface area contributed by atoms with Crippen LogP contribution in [0.25, 0.3) is 0 Å². The van der Waals surface area contributed by atoms with Crippen molar-refractivity contribution in [2.75, 3.05) is 18.0 Å². The molecule has 0 saturated carbocycles. The van der Waals surface area contributed by atoms with Crippen LogP contribution in [0.5, 0.6) is 0 Å². The summed E-state index contributed by atoms with van der Waals surface area (Å²) in [7, 11) is 0. The van der Waals surface area contributed by atoms with E-state index in [2.05, 4.69) is 39.1 Å². The summed E-state index contributed by atoms with van der Waals surface area (Å²) < 4.78 is 0. The van der Waals surface area contributed by atoms with E-state index in [4.69, 9.17) is 5.11 Å². The summed E-state index contributed by atoms with van der Waals surface area (Å²) in [6.07, 6.45) is 3.79. The van der Waals surface area contributed by atoms with Gasteiger partial charge in [-0.2, -0.15) is 0 Å². The quantitative estimate of drug-likeness (QED) is 0.925. The van der Waals surface area contributed by atoms with Crippen molar-refractivity contribution in [2.24, 2.45) is 0 Å². The topological polar surface area (TPSA) is 66.3 Å². The Balaban J connectivity index is 1.72. The van der Waals surface area contributed by atoms with E-state index >= 15 is 0 Å². The molecule has 5 nitrogen and oxygen atoms in total. The summed E-state index contributed by atoms with van der Waals surface area (Å²) in [4.78, 5) is 21.2. The zero-order valence-electron chi connectivity index (χ0n) is 10.9. The lowest BCUT2D eigenvalue weighted by molar-refractivity contribution is 0.0696. The molecule has 2 aromatic rings. The van der Waals surface area contributed by atoms with Gasteiger partial charge in [-0.25, -0.2) is 14.8 Å². The van der Waals surface area contributed by atoms with Crippen molar-refractivity contribution in [1.82, 2.24) is 9.97 Å². The summed E-state index contributed by atoms with van der Waals surface area (Å²) in [5, 5.41) is 8.84. The molecular weight excluding hydrogens is 254 g/mol. The lowest BCUT2D eigenvalue weighted by Gasteiger charge is -2.16. The van der Waals surface area contributed by atoms with Crippen LogP contribution in [-0.4, -0.2) is 34.1 Å². The highest BCUT2D eigenvalue weighted by atomic mass is 16.4. The number of hydrogen-bond donors (Lipinski definition) is 1. The predicted molar refractivity (Wildman–Crippen MR) is 75.0 cm³/mol. The molecule has 1 aliphatic heterocycles. The fraction of sp³-hybridized carbons (Fsp3) is 0.267. The summed E-state index contributed by atoms with van der Waals surface area (Å²) in [6, 6.07) is 10.4. The van der Waals surface area contributed by atoms with E-state index in [1.807, 2.05) is 6.07 Å². The maximum absolute atomic E-state index is 10.8. The van der Waals surface area contributed by atoms with Crippen molar-refractivity contribution in [2.45, 2.75) is 12.3 Å². The third-order valence-corrected chi connectivity index (χ3v) is 3.63. The number of carboxylic acid groups (broad SMARTS) is 1. The Kier molecular flexibility index (Phi) is 3.33. The van der Waals surface area contributed by atoms with Gasteiger partial charge < -0.3 is 10.0 Å². The first kappa shape index (κ1) is 12.6. The van der Waals surface area contributed by atoms with Crippen LogP contribution in [0.2, 0.25) is 0 Å². The third-order valence-electron chi connectivity index (χ3n) is 3.63. The largest absolute Gasteiger partial charge is 0.478 e. The second-order valence-corrected chi connectivity index (χ2v) is 4.92. The van der Waals surface area contributed by atoms with Crippen molar-refractivity contribution in [3.8, 4) is 0 Å². The van der Waals surface area contributed by atoms with Gasteiger partial charge in [0.1, 0.15) is 0 Å². The second kappa shape index (κ2) is 5.28. The minimum atomic E-state index is -1.000. The first-order valence-corrected chi connectivity index (χ1v) is 6.59. The van der Waals surface area contributed by atoms with Gasteiger partial charge in [0.2, 0.25) is 5.95 Å². The van der Waals surface area contributed by atoms with Gasteiger partial charge in [-0.15, -0.1) is 0 Å². The standard InChI is InChI=1S/C15H15N3O2/c19-14(20)13-8-16-15(17-9-13)18-7-6-12(10-18)11-4-2-1-3-5-11/h1-5,8-9,12H,6-7,10H2,(H,19,20). The van der Waals surface area contributed by atoms with E-state index < -0.39 is 5.97 Å². The number of aromatic nitrogens is 2. The molecule has 20 heavy (non-hydrogen) atoms. The zero-order chi connectivity index (χ0) is 13.9. The molecule has 1 aromatic carbocycles. The molecule has 1 aromatic heterocycles. The monoisotopic (exact) mass is 269 g/mol. The molecule has 1 fully saturated rings. The van der Waals surface area contributed by atoms with E-state index in [0.29, 0.717) is 11.9 Å². The molecule has 0 amide bonds. The fourth-order valence-electron chi connectivity index (χ4n) is 2.53. The van der Waals surface area contributed by atoms with Crippen molar-refractivity contribution < 1.29 is 9.90 Å². The average Bonchev–Trinajstić information content (AvgIpc) is 2.98. The van der Waals surface area contributed by atoms with Crippen LogP contribution in [0.4, 0.5) is 5.95 Å². The molecule has 1 atom stereocenters. The fourth-order valence-corrected chi connectivity index (χ4v) is 2.53. The third kappa shape index (κ3) is 2.47. The van der Waals surface area contributed by atoms with Gasteiger partial charge in [0.05, 0.1) is 5.56 Å². The summed E-state index contributed by atoms with van der Waals surface area (Å²) in [5.74, 6) is 0.0903. The normalized spacial score (nSPS) is 18.2. The van der Waals surface area contributed by atoms with Crippen LogP contribution in [-0.2, 0) is 0 Å². The highest BCUT2D eigenvalue weighted by Gasteiger charge is 2.25. The first-order chi connectivity index (χ1) is 9.74. The molecule has 3 rings (SSSR count). The Morgan fingerprint density at radius 1 is 1.20 bits per heavy atom. The number of carbonyl (C=O) groups is 1. The van der Waals surface area contributed by atoms with Crippen molar-refractivity contribution in [3.63, 3.8) is 0 Å². The number of nitrogens with zero attached hydrogens (tertiary/aromatic N) is 3. The number of rotatable bonds is 3. The maximum Gasteiger partial charge on any atom is 0.338 e. The Morgan fingerprint density at radius 2 is 1.90 bits per heavy atom. The minimum Gasteiger partial charge on any atom is -0.478 e. The van der Waals surface area contributed by atoms with Crippen LogP contribution in [0.1, 0.15) is 28.3 Å². The smallest absolute Gasteiger partial charge is 0.338 e. The molecule has 1 aliphatic rings. The van der Waals surface area contributed by atoms with Gasteiger partial charge in [0, 0.05) is 31.4 Å². The molecule has 5 heteroatoms. The SMILES string of the molecule is O=C(O)c1cnc(N2CCC(c3ccccc3)C2)nc1. The van der Waals surface area contributed by atoms with E-state index in [-0.39, 0.29) is 5.56 Å². The van der Waals surface area contributed by atoms with E-state index in [9.17, 15) is 4.79 Å². The number of anilines is 1. The van der Waals surface area contributed by atoms with Crippen LogP contribution in [0, 0.1) is 0 Å². The molecule has 0 radical (unpaired) electrons. The Labute approximate surface area is 116 Å². The van der Waals surface area contributed by atoms with Crippen molar-refractivity contribution in [3.05, 3.63) is 53.9 Å². The van der Waals surface area contributed by atoms with E-state index in [1.54, 1.807) is 0 Å². The number of hydrogen-bond acceptors (Lipinski definition) is 4. The maximum atomic E-state index is 10.8. The highest BCUT2D eigenvalue weighted by molar-refractivity contribution is 5.86. The number of aromatic carboxylic acids is 1. The van der Waals surface area contributed by atoms with Crippen LogP contribution in [0.3, 0.4) is 0 Å². The van der Waals surface area contributed by atoms with Crippen LogP contribution < -0.4 is 4.90 Å². The Bertz CT molecular complexity index is 598. The van der Waals surface area contributed by atoms with Crippen molar-refractivity contribution in [1.29, 1.82) is 0 Å². The molecule has 102 valence electrons. The minimum absolute atomic E-state index is 0.118. The lowest BCUT2D eigenvalue weighted by Crippen LogP contribution is -2.21. The number of benzene rings is 1. The number of carboxylic acids is 1. The summed E-state index contributed by atoms with van der Waals surface area (Å²) in [5.41, 5.74) is 1.45. The summed E-state index contributed by atoms with van der Waals surface area (Å²) in [6.45, 7) is 1.77.